The van der Waals surface area contributed by atoms with E-state index < -0.39 is 0 Å². The summed E-state index contributed by atoms with van der Waals surface area (Å²) in [6, 6.07) is -0.352. The first-order valence-corrected chi connectivity index (χ1v) is 5.39. The van der Waals surface area contributed by atoms with Crippen LogP contribution in [-0.2, 0) is 19.1 Å². The molecule has 0 saturated carbocycles. The van der Waals surface area contributed by atoms with Crippen molar-refractivity contribution in [2.75, 3.05) is 20.8 Å². The van der Waals surface area contributed by atoms with E-state index in [1.807, 2.05) is 13.8 Å². The van der Waals surface area contributed by atoms with Gasteiger partial charge in [0.05, 0.1) is 20.6 Å². The Balaban J connectivity index is 4.01. The summed E-state index contributed by atoms with van der Waals surface area (Å²) in [4.78, 5) is 22.3. The number of ether oxygens (including phenoxy) is 2. The first-order valence-electron chi connectivity index (χ1n) is 5.39. The highest BCUT2D eigenvalue weighted by molar-refractivity contribution is 5.75. The quantitative estimate of drug-likeness (QED) is 0.654. The van der Waals surface area contributed by atoms with Crippen molar-refractivity contribution in [3.05, 3.63) is 0 Å². The Kier molecular flexibility index (Phi) is 7.54. The van der Waals surface area contributed by atoms with Crippen molar-refractivity contribution in [3.63, 3.8) is 0 Å². The SMILES string of the molecule is COC(=O)CCNC(CC(C)C)C(=O)OC. The second-order valence-electron chi connectivity index (χ2n) is 3.99. The third-order valence-electron chi connectivity index (χ3n) is 2.14. The van der Waals surface area contributed by atoms with Crippen molar-refractivity contribution in [2.24, 2.45) is 5.92 Å². The molecule has 1 N–H and O–H groups in total. The van der Waals surface area contributed by atoms with Crippen LogP contribution in [0.4, 0.5) is 0 Å². The van der Waals surface area contributed by atoms with Crippen LogP contribution in [0.1, 0.15) is 26.7 Å². The van der Waals surface area contributed by atoms with E-state index in [2.05, 4.69) is 14.8 Å². The molecule has 0 aliphatic rings. The minimum atomic E-state index is -0.352. The fourth-order valence-electron chi connectivity index (χ4n) is 1.33. The molecule has 5 nitrogen and oxygen atoms in total. The van der Waals surface area contributed by atoms with Gasteiger partial charge in [0.15, 0.2) is 0 Å². The molecule has 0 rings (SSSR count). The first kappa shape index (κ1) is 14.9. The van der Waals surface area contributed by atoms with Crippen molar-refractivity contribution in [3.8, 4) is 0 Å². The van der Waals surface area contributed by atoms with Crippen LogP contribution in [0.2, 0.25) is 0 Å². The van der Waals surface area contributed by atoms with Gasteiger partial charge in [-0.2, -0.15) is 0 Å². The van der Waals surface area contributed by atoms with Crippen LogP contribution in [0.25, 0.3) is 0 Å². The molecular formula is C11H21NO4. The van der Waals surface area contributed by atoms with Crippen molar-refractivity contribution in [1.29, 1.82) is 0 Å². The van der Waals surface area contributed by atoms with E-state index in [4.69, 9.17) is 0 Å². The lowest BCUT2D eigenvalue weighted by Gasteiger charge is -2.17. The number of carbonyl (C=O) groups is 2. The molecular weight excluding hydrogens is 210 g/mol. The molecule has 0 aliphatic carbocycles. The van der Waals surface area contributed by atoms with E-state index in [1.54, 1.807) is 0 Å². The molecule has 0 aromatic heterocycles. The molecule has 0 saturated heterocycles. The lowest BCUT2D eigenvalue weighted by Crippen LogP contribution is -2.39. The Hall–Kier alpha value is -1.10. The van der Waals surface area contributed by atoms with Crippen LogP contribution in [0.15, 0.2) is 0 Å². The van der Waals surface area contributed by atoms with Gasteiger partial charge in [-0.25, -0.2) is 0 Å². The van der Waals surface area contributed by atoms with Crippen LogP contribution in [0, 0.1) is 5.92 Å². The van der Waals surface area contributed by atoms with Crippen molar-refractivity contribution < 1.29 is 19.1 Å². The first-order chi connectivity index (χ1) is 7.51. The third kappa shape index (κ3) is 6.40. The molecule has 0 aromatic carbocycles. The predicted molar refractivity (Wildman–Crippen MR) is 59.9 cm³/mol. The van der Waals surface area contributed by atoms with Gasteiger partial charge in [0.2, 0.25) is 0 Å². The molecule has 1 atom stereocenters. The summed E-state index contributed by atoms with van der Waals surface area (Å²) in [5.74, 6) is -0.200. The van der Waals surface area contributed by atoms with E-state index in [-0.39, 0.29) is 24.4 Å². The highest BCUT2D eigenvalue weighted by atomic mass is 16.5. The highest BCUT2D eigenvalue weighted by Gasteiger charge is 2.19. The summed E-state index contributed by atoms with van der Waals surface area (Å²) in [6.45, 7) is 4.47. The maximum Gasteiger partial charge on any atom is 0.322 e. The van der Waals surface area contributed by atoms with Gasteiger partial charge in [0, 0.05) is 6.54 Å². The largest absolute Gasteiger partial charge is 0.469 e. The second-order valence-corrected chi connectivity index (χ2v) is 3.99. The molecule has 0 amide bonds. The summed E-state index contributed by atoms with van der Waals surface area (Å²) in [7, 11) is 2.70. The zero-order valence-electron chi connectivity index (χ0n) is 10.4. The van der Waals surface area contributed by atoms with Crippen LogP contribution in [0.5, 0.6) is 0 Å². The van der Waals surface area contributed by atoms with Crippen LogP contribution in [0.3, 0.4) is 0 Å². The van der Waals surface area contributed by atoms with E-state index in [0.29, 0.717) is 18.9 Å². The fourth-order valence-corrected chi connectivity index (χ4v) is 1.33. The molecule has 1 unspecified atom stereocenters. The Morgan fingerprint density at radius 1 is 1.19 bits per heavy atom. The number of hydrogen-bond donors (Lipinski definition) is 1. The number of carbonyl (C=O) groups excluding carboxylic acids is 2. The predicted octanol–water partition coefficient (Wildman–Crippen LogP) is 0.727. The van der Waals surface area contributed by atoms with Gasteiger partial charge < -0.3 is 14.8 Å². The summed E-state index contributed by atoms with van der Waals surface area (Å²) in [6.07, 6.45) is 0.940. The van der Waals surface area contributed by atoms with E-state index in [0.717, 1.165) is 0 Å². The molecule has 5 heteroatoms. The number of hydrogen-bond acceptors (Lipinski definition) is 5. The van der Waals surface area contributed by atoms with Crippen LogP contribution in [-0.4, -0.2) is 38.7 Å². The number of methoxy groups -OCH3 is 2. The number of esters is 2. The lowest BCUT2D eigenvalue weighted by atomic mass is 10.0. The van der Waals surface area contributed by atoms with E-state index in [1.165, 1.54) is 14.2 Å². The summed E-state index contributed by atoms with van der Waals surface area (Å²) in [5.41, 5.74) is 0. The smallest absolute Gasteiger partial charge is 0.322 e. The molecule has 0 spiro atoms. The van der Waals surface area contributed by atoms with Crippen LogP contribution >= 0.6 is 0 Å². The molecule has 16 heavy (non-hydrogen) atoms. The highest BCUT2D eigenvalue weighted by Crippen LogP contribution is 2.06. The van der Waals surface area contributed by atoms with E-state index in [9.17, 15) is 9.59 Å². The monoisotopic (exact) mass is 231 g/mol. The molecule has 94 valence electrons. The Bertz CT molecular complexity index is 228. The minimum Gasteiger partial charge on any atom is -0.469 e. The maximum atomic E-state index is 11.4. The zero-order valence-corrected chi connectivity index (χ0v) is 10.4. The van der Waals surface area contributed by atoms with Gasteiger partial charge in [-0.05, 0) is 12.3 Å². The van der Waals surface area contributed by atoms with E-state index >= 15 is 0 Å². The minimum absolute atomic E-state index is 0.252. The number of nitrogens with one attached hydrogen (secondary N) is 1. The Morgan fingerprint density at radius 2 is 1.81 bits per heavy atom. The zero-order chi connectivity index (χ0) is 12.6. The molecule has 0 fully saturated rings. The van der Waals surface area contributed by atoms with Crippen molar-refractivity contribution in [2.45, 2.75) is 32.7 Å². The molecule has 0 heterocycles. The summed E-state index contributed by atoms with van der Waals surface area (Å²) in [5, 5.41) is 2.99. The van der Waals surface area contributed by atoms with Crippen molar-refractivity contribution in [1.82, 2.24) is 5.32 Å². The van der Waals surface area contributed by atoms with Gasteiger partial charge in [-0.15, -0.1) is 0 Å². The standard InChI is InChI=1S/C11H21NO4/c1-8(2)7-9(11(14)16-4)12-6-5-10(13)15-3/h8-9,12H,5-7H2,1-4H3. The van der Waals surface area contributed by atoms with Gasteiger partial charge in [0.1, 0.15) is 6.04 Å². The molecule has 0 aromatic rings. The van der Waals surface area contributed by atoms with Gasteiger partial charge in [-0.1, -0.05) is 13.8 Å². The number of rotatable bonds is 7. The third-order valence-corrected chi connectivity index (χ3v) is 2.14. The molecule has 0 radical (unpaired) electrons. The van der Waals surface area contributed by atoms with Gasteiger partial charge in [0.25, 0.3) is 0 Å². The van der Waals surface area contributed by atoms with Gasteiger partial charge >= 0.3 is 11.9 Å². The van der Waals surface area contributed by atoms with Crippen molar-refractivity contribution >= 4 is 11.9 Å². The lowest BCUT2D eigenvalue weighted by molar-refractivity contribution is -0.144. The summed E-state index contributed by atoms with van der Waals surface area (Å²) >= 11 is 0. The molecule has 0 aliphatic heterocycles. The second kappa shape index (κ2) is 8.10. The average Bonchev–Trinajstić information content (AvgIpc) is 2.25. The topological polar surface area (TPSA) is 64.6 Å². The Morgan fingerprint density at radius 3 is 2.25 bits per heavy atom. The molecule has 0 bridgehead atoms. The fraction of sp³-hybridized carbons (Fsp3) is 0.818. The summed E-state index contributed by atoms with van der Waals surface area (Å²) < 4.78 is 9.18. The van der Waals surface area contributed by atoms with Crippen LogP contribution < -0.4 is 5.32 Å². The van der Waals surface area contributed by atoms with Gasteiger partial charge in [-0.3, -0.25) is 9.59 Å². The Labute approximate surface area is 96.5 Å². The average molecular weight is 231 g/mol. The normalized spacial score (nSPS) is 12.3. The maximum absolute atomic E-state index is 11.4.